The van der Waals surface area contributed by atoms with Gasteiger partial charge in [-0.25, -0.2) is 14.6 Å². The van der Waals surface area contributed by atoms with Gasteiger partial charge in [0.25, 0.3) is 0 Å². The largest absolute Gasteiger partial charge is 0.573 e. The molecule has 0 unspecified atom stereocenters. The van der Waals surface area contributed by atoms with Gasteiger partial charge in [-0.05, 0) is 56.7 Å². The van der Waals surface area contributed by atoms with Gasteiger partial charge in [-0.15, -0.1) is 13.2 Å². The van der Waals surface area contributed by atoms with E-state index in [1.165, 1.54) is 18.5 Å². The zero-order chi connectivity index (χ0) is 23.0. The maximum absolute atomic E-state index is 12.4. The Labute approximate surface area is 182 Å². The highest BCUT2D eigenvalue weighted by molar-refractivity contribution is 5.65. The van der Waals surface area contributed by atoms with E-state index in [-0.39, 0.29) is 5.75 Å². The first kappa shape index (κ1) is 21.5. The first-order valence-electron chi connectivity index (χ1n) is 9.84. The first-order chi connectivity index (χ1) is 15.1. The molecular weight excluding hydrogens is 421 g/mol. The van der Waals surface area contributed by atoms with Crippen LogP contribution in [0.1, 0.15) is 28.3 Å². The van der Waals surface area contributed by atoms with Crippen molar-refractivity contribution >= 4 is 0 Å². The van der Waals surface area contributed by atoms with Crippen molar-refractivity contribution in [1.29, 1.82) is 0 Å². The van der Waals surface area contributed by atoms with Crippen LogP contribution in [-0.4, -0.2) is 35.9 Å². The molecular formula is C22H21F3N6O. The van der Waals surface area contributed by atoms with E-state index in [1.807, 2.05) is 32.9 Å². The van der Waals surface area contributed by atoms with Crippen molar-refractivity contribution in [2.45, 2.75) is 33.6 Å². The van der Waals surface area contributed by atoms with Crippen LogP contribution in [0.3, 0.4) is 0 Å². The number of benzene rings is 1. The zero-order valence-corrected chi connectivity index (χ0v) is 18.0. The quantitative estimate of drug-likeness (QED) is 0.456. The molecule has 3 aromatic heterocycles. The monoisotopic (exact) mass is 442 g/mol. The van der Waals surface area contributed by atoms with Crippen molar-refractivity contribution in [2.24, 2.45) is 7.05 Å². The van der Waals surface area contributed by atoms with Crippen LogP contribution in [0.5, 0.6) is 5.75 Å². The summed E-state index contributed by atoms with van der Waals surface area (Å²) in [6, 6.07) is 9.60. The fourth-order valence-electron chi connectivity index (χ4n) is 3.70. The van der Waals surface area contributed by atoms with Gasteiger partial charge in [-0.3, -0.25) is 4.68 Å². The number of aryl methyl sites for hydroxylation is 3. The van der Waals surface area contributed by atoms with Crippen molar-refractivity contribution in [3.05, 3.63) is 71.1 Å². The number of alkyl halides is 3. The number of aromatic nitrogens is 6. The van der Waals surface area contributed by atoms with E-state index in [0.717, 1.165) is 39.6 Å². The molecule has 1 aromatic carbocycles. The molecule has 0 amide bonds. The lowest BCUT2D eigenvalue weighted by molar-refractivity contribution is -0.274. The lowest BCUT2D eigenvalue weighted by Gasteiger charge is -2.10. The number of halogens is 3. The van der Waals surface area contributed by atoms with Crippen molar-refractivity contribution in [3.8, 4) is 22.8 Å². The molecule has 0 aliphatic carbocycles. The van der Waals surface area contributed by atoms with Gasteiger partial charge in [0, 0.05) is 30.8 Å². The molecule has 0 fully saturated rings. The Kier molecular flexibility index (Phi) is 5.45. The molecule has 10 heteroatoms. The summed E-state index contributed by atoms with van der Waals surface area (Å²) in [5, 5.41) is 9.07. The highest BCUT2D eigenvalue weighted by atomic mass is 19.4. The third kappa shape index (κ3) is 4.48. The summed E-state index contributed by atoms with van der Waals surface area (Å²) in [7, 11) is 1.80. The second-order valence-corrected chi connectivity index (χ2v) is 7.50. The van der Waals surface area contributed by atoms with Crippen LogP contribution >= 0.6 is 0 Å². The van der Waals surface area contributed by atoms with E-state index in [2.05, 4.69) is 24.9 Å². The molecule has 4 rings (SSSR count). The standard InChI is InChI=1S/C22H21F3N6O/c1-13-9-14(2)31(28-13)20-11-17(26-12-27-20)10-19-15(3)21(30(4)29-19)16-5-7-18(8-6-16)32-22(23,24)25/h5-9,11-12H,10H2,1-4H3. The Balaban J connectivity index is 1.60. The average molecular weight is 442 g/mol. The van der Waals surface area contributed by atoms with Crippen molar-refractivity contribution in [1.82, 2.24) is 29.5 Å². The van der Waals surface area contributed by atoms with Crippen LogP contribution in [0.25, 0.3) is 17.1 Å². The summed E-state index contributed by atoms with van der Waals surface area (Å²) >= 11 is 0. The topological polar surface area (TPSA) is 70.7 Å². The van der Waals surface area contributed by atoms with Crippen molar-refractivity contribution in [2.75, 3.05) is 0 Å². The van der Waals surface area contributed by atoms with Crippen LogP contribution in [0.4, 0.5) is 13.2 Å². The van der Waals surface area contributed by atoms with Crippen LogP contribution in [0.2, 0.25) is 0 Å². The normalized spacial score (nSPS) is 11.7. The van der Waals surface area contributed by atoms with E-state index >= 15 is 0 Å². The molecule has 3 heterocycles. The van der Waals surface area contributed by atoms with Crippen LogP contribution in [0.15, 0.2) is 42.7 Å². The molecule has 0 bridgehead atoms. The van der Waals surface area contributed by atoms with E-state index in [0.29, 0.717) is 12.2 Å². The third-order valence-electron chi connectivity index (χ3n) is 5.03. The molecule has 166 valence electrons. The number of nitrogens with zero attached hydrogens (tertiary/aromatic N) is 6. The summed E-state index contributed by atoms with van der Waals surface area (Å²) in [6.45, 7) is 5.81. The minimum Gasteiger partial charge on any atom is -0.406 e. The van der Waals surface area contributed by atoms with Gasteiger partial charge >= 0.3 is 6.36 Å². The van der Waals surface area contributed by atoms with E-state index in [4.69, 9.17) is 0 Å². The van der Waals surface area contributed by atoms with E-state index in [1.54, 1.807) is 28.5 Å². The number of ether oxygens (including phenoxy) is 1. The van der Waals surface area contributed by atoms with Crippen LogP contribution < -0.4 is 4.74 Å². The van der Waals surface area contributed by atoms with Crippen molar-refractivity contribution in [3.63, 3.8) is 0 Å². The highest BCUT2D eigenvalue weighted by Crippen LogP contribution is 2.30. The predicted molar refractivity (Wildman–Crippen MR) is 111 cm³/mol. The van der Waals surface area contributed by atoms with Crippen LogP contribution in [-0.2, 0) is 13.5 Å². The Hall–Kier alpha value is -3.69. The number of rotatable bonds is 5. The van der Waals surface area contributed by atoms with Gasteiger partial charge in [-0.1, -0.05) is 0 Å². The second kappa shape index (κ2) is 8.10. The highest BCUT2D eigenvalue weighted by Gasteiger charge is 2.31. The summed E-state index contributed by atoms with van der Waals surface area (Å²) in [5.74, 6) is 0.411. The fourth-order valence-corrected chi connectivity index (χ4v) is 3.70. The maximum atomic E-state index is 12.4. The molecule has 0 saturated heterocycles. The Morgan fingerprint density at radius 2 is 1.69 bits per heavy atom. The molecule has 0 radical (unpaired) electrons. The summed E-state index contributed by atoms with van der Waals surface area (Å²) in [4.78, 5) is 8.69. The van der Waals surface area contributed by atoms with Gasteiger partial charge in [0.1, 0.15) is 12.1 Å². The van der Waals surface area contributed by atoms with Gasteiger partial charge in [0.05, 0.1) is 22.8 Å². The van der Waals surface area contributed by atoms with Gasteiger partial charge < -0.3 is 4.74 Å². The lowest BCUT2D eigenvalue weighted by Crippen LogP contribution is -2.16. The third-order valence-corrected chi connectivity index (χ3v) is 5.03. The van der Waals surface area contributed by atoms with Gasteiger partial charge in [0.2, 0.25) is 0 Å². The Morgan fingerprint density at radius 1 is 0.969 bits per heavy atom. The SMILES string of the molecule is Cc1cc(C)n(-c2cc(Cc3nn(C)c(-c4ccc(OC(F)(F)F)cc4)c3C)ncn2)n1. The van der Waals surface area contributed by atoms with E-state index < -0.39 is 6.36 Å². The van der Waals surface area contributed by atoms with E-state index in [9.17, 15) is 13.2 Å². The summed E-state index contributed by atoms with van der Waals surface area (Å²) in [6.07, 6.45) is -2.75. The fraction of sp³-hybridized carbons (Fsp3) is 0.273. The molecule has 0 aliphatic heterocycles. The Morgan fingerprint density at radius 3 is 2.31 bits per heavy atom. The second-order valence-electron chi connectivity index (χ2n) is 7.50. The van der Waals surface area contributed by atoms with Crippen molar-refractivity contribution < 1.29 is 17.9 Å². The minimum atomic E-state index is -4.72. The maximum Gasteiger partial charge on any atom is 0.573 e. The smallest absolute Gasteiger partial charge is 0.406 e. The van der Waals surface area contributed by atoms with Gasteiger partial charge in [-0.2, -0.15) is 10.2 Å². The molecule has 0 aliphatic rings. The summed E-state index contributed by atoms with van der Waals surface area (Å²) in [5.41, 5.74) is 5.94. The molecule has 4 aromatic rings. The predicted octanol–water partition coefficient (Wildman–Crippen LogP) is 4.48. The van der Waals surface area contributed by atoms with Crippen LogP contribution in [0, 0.1) is 20.8 Å². The number of hydrogen-bond acceptors (Lipinski definition) is 5. The Bertz CT molecular complexity index is 1260. The number of hydrogen-bond donors (Lipinski definition) is 0. The average Bonchev–Trinajstić information content (AvgIpc) is 3.19. The minimum absolute atomic E-state index is 0.265. The molecule has 7 nitrogen and oxygen atoms in total. The first-order valence-corrected chi connectivity index (χ1v) is 9.84. The molecule has 0 saturated carbocycles. The van der Waals surface area contributed by atoms with Gasteiger partial charge in [0.15, 0.2) is 5.82 Å². The molecule has 32 heavy (non-hydrogen) atoms. The lowest BCUT2D eigenvalue weighted by atomic mass is 10.0. The molecule has 0 spiro atoms. The summed E-state index contributed by atoms with van der Waals surface area (Å²) < 4.78 is 44.7. The molecule has 0 atom stereocenters. The molecule has 0 N–H and O–H groups in total. The zero-order valence-electron chi connectivity index (χ0n) is 18.0.